The monoisotopic (exact) mass is 249 g/mol. The SMILES string of the molecule is Cc1ncn(-c2cc(C(=O)O)c(N)cc2F)c1C. The standard InChI is InChI=1S/C12H12FN3O2/c1-6-7(2)16(5-15-6)11-3-8(12(17)18)10(14)4-9(11)13/h3-5H,14H2,1-2H3,(H,17,18). The van der Waals surface area contributed by atoms with Crippen molar-refractivity contribution in [3.8, 4) is 5.69 Å². The van der Waals surface area contributed by atoms with Crippen LogP contribution in [0, 0.1) is 19.7 Å². The summed E-state index contributed by atoms with van der Waals surface area (Å²) in [6, 6.07) is 2.22. The molecule has 2 aromatic rings. The number of nitrogens with zero attached hydrogens (tertiary/aromatic N) is 2. The molecule has 1 heterocycles. The van der Waals surface area contributed by atoms with Crippen LogP contribution in [0.1, 0.15) is 21.7 Å². The Labute approximate surface area is 103 Å². The summed E-state index contributed by atoms with van der Waals surface area (Å²) in [5.41, 5.74) is 6.86. The van der Waals surface area contributed by atoms with E-state index in [1.807, 2.05) is 0 Å². The third-order valence-electron chi connectivity index (χ3n) is 2.86. The lowest BCUT2D eigenvalue weighted by Gasteiger charge is -2.10. The van der Waals surface area contributed by atoms with Crippen molar-refractivity contribution >= 4 is 11.7 Å². The molecule has 0 radical (unpaired) electrons. The number of aromatic carboxylic acids is 1. The third kappa shape index (κ3) is 1.81. The van der Waals surface area contributed by atoms with E-state index >= 15 is 0 Å². The predicted molar refractivity (Wildman–Crippen MR) is 64.4 cm³/mol. The normalized spacial score (nSPS) is 10.6. The van der Waals surface area contributed by atoms with Crippen molar-refractivity contribution in [1.29, 1.82) is 0 Å². The maximum absolute atomic E-state index is 13.8. The van der Waals surface area contributed by atoms with Crippen molar-refractivity contribution in [3.05, 3.63) is 41.2 Å². The van der Waals surface area contributed by atoms with Crippen molar-refractivity contribution in [3.63, 3.8) is 0 Å². The number of carboxylic acid groups (broad SMARTS) is 1. The fraction of sp³-hybridized carbons (Fsp3) is 0.167. The summed E-state index contributed by atoms with van der Waals surface area (Å²) in [6.07, 6.45) is 1.45. The number of benzene rings is 1. The van der Waals surface area contributed by atoms with E-state index in [1.165, 1.54) is 17.0 Å². The minimum Gasteiger partial charge on any atom is -0.478 e. The van der Waals surface area contributed by atoms with Gasteiger partial charge in [-0.3, -0.25) is 0 Å². The lowest BCUT2D eigenvalue weighted by molar-refractivity contribution is 0.0698. The number of aryl methyl sites for hydroxylation is 1. The van der Waals surface area contributed by atoms with Gasteiger partial charge in [-0.05, 0) is 26.0 Å². The molecule has 5 nitrogen and oxygen atoms in total. The van der Waals surface area contributed by atoms with Crippen molar-refractivity contribution < 1.29 is 14.3 Å². The van der Waals surface area contributed by atoms with Gasteiger partial charge in [-0.1, -0.05) is 0 Å². The molecule has 0 aliphatic heterocycles. The average molecular weight is 249 g/mol. The second-order valence-corrected chi connectivity index (χ2v) is 3.98. The number of nitrogens with two attached hydrogens (primary N) is 1. The van der Waals surface area contributed by atoms with Crippen LogP contribution in [-0.2, 0) is 0 Å². The molecule has 94 valence electrons. The molecule has 0 spiro atoms. The highest BCUT2D eigenvalue weighted by Crippen LogP contribution is 2.23. The first-order valence-electron chi connectivity index (χ1n) is 5.25. The van der Waals surface area contributed by atoms with Crippen molar-refractivity contribution in [1.82, 2.24) is 9.55 Å². The van der Waals surface area contributed by atoms with Gasteiger partial charge in [-0.25, -0.2) is 14.2 Å². The summed E-state index contributed by atoms with van der Waals surface area (Å²) in [7, 11) is 0. The molecule has 0 aliphatic carbocycles. The Balaban J connectivity index is 2.68. The van der Waals surface area contributed by atoms with Crippen LogP contribution in [0.15, 0.2) is 18.5 Å². The average Bonchev–Trinajstić information content (AvgIpc) is 2.60. The quantitative estimate of drug-likeness (QED) is 0.796. The Morgan fingerprint density at radius 2 is 2.11 bits per heavy atom. The van der Waals surface area contributed by atoms with E-state index in [4.69, 9.17) is 10.8 Å². The summed E-state index contributed by atoms with van der Waals surface area (Å²) in [5, 5.41) is 8.98. The minimum absolute atomic E-state index is 0.0989. The van der Waals surface area contributed by atoms with Crippen LogP contribution in [0.25, 0.3) is 5.69 Å². The van der Waals surface area contributed by atoms with E-state index in [9.17, 15) is 9.18 Å². The number of nitrogen functional groups attached to an aromatic ring is 1. The highest BCUT2D eigenvalue weighted by molar-refractivity contribution is 5.94. The Morgan fingerprint density at radius 3 is 2.61 bits per heavy atom. The largest absolute Gasteiger partial charge is 0.478 e. The van der Waals surface area contributed by atoms with E-state index in [0.717, 1.165) is 17.5 Å². The smallest absolute Gasteiger partial charge is 0.337 e. The molecule has 0 aliphatic rings. The van der Waals surface area contributed by atoms with Crippen molar-refractivity contribution in [2.75, 3.05) is 5.73 Å². The summed E-state index contributed by atoms with van der Waals surface area (Å²) in [6.45, 7) is 3.57. The van der Waals surface area contributed by atoms with Gasteiger partial charge in [0.15, 0.2) is 0 Å². The van der Waals surface area contributed by atoms with E-state index in [1.54, 1.807) is 13.8 Å². The van der Waals surface area contributed by atoms with Gasteiger partial charge in [0.2, 0.25) is 0 Å². The molecule has 3 N–H and O–H groups in total. The van der Waals surface area contributed by atoms with Crippen LogP contribution < -0.4 is 5.73 Å². The molecule has 0 fully saturated rings. The summed E-state index contributed by atoms with van der Waals surface area (Å²) in [4.78, 5) is 15.0. The Morgan fingerprint density at radius 1 is 1.44 bits per heavy atom. The zero-order valence-electron chi connectivity index (χ0n) is 9.94. The van der Waals surface area contributed by atoms with Crippen molar-refractivity contribution in [2.24, 2.45) is 0 Å². The topological polar surface area (TPSA) is 81.1 Å². The zero-order valence-corrected chi connectivity index (χ0v) is 9.94. The molecule has 1 aromatic carbocycles. The molecule has 1 aromatic heterocycles. The van der Waals surface area contributed by atoms with Gasteiger partial charge in [0.1, 0.15) is 5.82 Å². The number of imidazole rings is 1. The van der Waals surface area contributed by atoms with Gasteiger partial charge in [-0.15, -0.1) is 0 Å². The number of hydrogen-bond donors (Lipinski definition) is 2. The van der Waals surface area contributed by atoms with E-state index in [0.29, 0.717) is 0 Å². The Bertz CT molecular complexity index is 634. The molecule has 6 heteroatoms. The fourth-order valence-corrected chi connectivity index (χ4v) is 1.69. The molecule has 2 rings (SSSR count). The number of aromatic nitrogens is 2. The maximum atomic E-state index is 13.8. The molecular formula is C12H12FN3O2. The van der Waals surface area contributed by atoms with E-state index < -0.39 is 11.8 Å². The second kappa shape index (κ2) is 4.14. The van der Waals surface area contributed by atoms with Gasteiger partial charge in [-0.2, -0.15) is 0 Å². The van der Waals surface area contributed by atoms with Crippen LogP contribution in [0.4, 0.5) is 10.1 Å². The molecule has 0 unspecified atom stereocenters. The number of anilines is 1. The van der Waals surface area contributed by atoms with Gasteiger partial charge in [0.25, 0.3) is 0 Å². The van der Waals surface area contributed by atoms with Gasteiger partial charge >= 0.3 is 5.97 Å². The summed E-state index contributed by atoms with van der Waals surface area (Å²) < 4.78 is 15.3. The zero-order chi connectivity index (χ0) is 13.4. The third-order valence-corrected chi connectivity index (χ3v) is 2.86. The highest BCUT2D eigenvalue weighted by Gasteiger charge is 2.16. The molecule has 0 amide bonds. The lowest BCUT2D eigenvalue weighted by atomic mass is 10.1. The van der Waals surface area contributed by atoms with Crippen LogP contribution in [0.2, 0.25) is 0 Å². The van der Waals surface area contributed by atoms with Gasteiger partial charge in [0.05, 0.1) is 23.3 Å². The van der Waals surface area contributed by atoms with Gasteiger partial charge < -0.3 is 15.4 Å². The molecule has 0 saturated carbocycles. The second-order valence-electron chi connectivity index (χ2n) is 3.98. The first kappa shape index (κ1) is 12.1. The van der Waals surface area contributed by atoms with Crippen LogP contribution in [-0.4, -0.2) is 20.6 Å². The number of halogens is 1. The van der Waals surface area contributed by atoms with Gasteiger partial charge in [0, 0.05) is 11.4 Å². The molecule has 0 atom stereocenters. The number of carboxylic acids is 1. The predicted octanol–water partition coefficient (Wildman–Crippen LogP) is 1.91. The number of rotatable bonds is 2. The highest BCUT2D eigenvalue weighted by atomic mass is 19.1. The lowest BCUT2D eigenvalue weighted by Crippen LogP contribution is -2.07. The Kier molecular flexibility index (Phi) is 2.78. The summed E-state index contributed by atoms with van der Waals surface area (Å²) >= 11 is 0. The van der Waals surface area contributed by atoms with Crippen molar-refractivity contribution in [2.45, 2.75) is 13.8 Å². The minimum atomic E-state index is -1.19. The van der Waals surface area contributed by atoms with E-state index in [2.05, 4.69) is 4.98 Å². The van der Waals surface area contributed by atoms with Crippen LogP contribution >= 0.6 is 0 Å². The summed E-state index contributed by atoms with van der Waals surface area (Å²) in [5.74, 6) is -1.78. The Hall–Kier alpha value is -2.37. The first-order chi connectivity index (χ1) is 8.41. The molecule has 18 heavy (non-hydrogen) atoms. The van der Waals surface area contributed by atoms with Crippen LogP contribution in [0.5, 0.6) is 0 Å². The molecular weight excluding hydrogens is 237 g/mol. The molecule has 0 bridgehead atoms. The number of carbonyl (C=O) groups is 1. The number of hydrogen-bond acceptors (Lipinski definition) is 3. The fourth-order valence-electron chi connectivity index (χ4n) is 1.69. The van der Waals surface area contributed by atoms with Crippen LogP contribution in [0.3, 0.4) is 0 Å². The maximum Gasteiger partial charge on any atom is 0.337 e. The van der Waals surface area contributed by atoms with E-state index in [-0.39, 0.29) is 16.9 Å². The molecule has 0 saturated heterocycles. The first-order valence-corrected chi connectivity index (χ1v) is 5.25.